The van der Waals surface area contributed by atoms with Crippen molar-refractivity contribution in [2.75, 3.05) is 13.1 Å². The van der Waals surface area contributed by atoms with Crippen molar-refractivity contribution < 1.29 is 13.6 Å². The Balaban J connectivity index is 2.58. The molecule has 0 bridgehead atoms. The van der Waals surface area contributed by atoms with Crippen LogP contribution >= 0.6 is 0 Å². The standard InChI is InChI=1S/C14H20F2N2O/c1-2-3-10(4-5-17)9-18-14(19)11-6-12(15)8-13(16)7-11/h6-8,10H,2-5,9,17H2,1H3,(H,18,19). The van der Waals surface area contributed by atoms with Crippen LogP contribution in [0.3, 0.4) is 0 Å². The van der Waals surface area contributed by atoms with Crippen molar-refractivity contribution in [2.45, 2.75) is 26.2 Å². The fraction of sp³-hybridized carbons (Fsp3) is 0.500. The summed E-state index contributed by atoms with van der Waals surface area (Å²) in [6.07, 6.45) is 2.80. The van der Waals surface area contributed by atoms with Crippen LogP contribution in [0.25, 0.3) is 0 Å². The Bertz CT molecular complexity index is 398. The molecule has 3 N–H and O–H groups in total. The van der Waals surface area contributed by atoms with E-state index in [0.29, 0.717) is 19.0 Å². The Morgan fingerprint density at radius 3 is 2.42 bits per heavy atom. The molecule has 3 nitrogen and oxygen atoms in total. The smallest absolute Gasteiger partial charge is 0.251 e. The second kappa shape index (κ2) is 7.84. The number of rotatable bonds is 7. The van der Waals surface area contributed by atoms with E-state index >= 15 is 0 Å². The molecule has 19 heavy (non-hydrogen) atoms. The summed E-state index contributed by atoms with van der Waals surface area (Å²) in [5, 5.41) is 2.70. The minimum absolute atomic E-state index is 0.000460. The van der Waals surface area contributed by atoms with Crippen molar-refractivity contribution in [3.05, 3.63) is 35.4 Å². The fourth-order valence-electron chi connectivity index (χ4n) is 2.02. The zero-order valence-electron chi connectivity index (χ0n) is 11.1. The lowest BCUT2D eigenvalue weighted by molar-refractivity contribution is 0.0944. The summed E-state index contributed by atoms with van der Waals surface area (Å²) in [5.74, 6) is -1.66. The quantitative estimate of drug-likeness (QED) is 0.799. The van der Waals surface area contributed by atoms with Gasteiger partial charge in [-0.05, 0) is 37.4 Å². The van der Waals surface area contributed by atoms with Crippen molar-refractivity contribution in [1.29, 1.82) is 0 Å². The van der Waals surface area contributed by atoms with E-state index in [4.69, 9.17) is 5.73 Å². The van der Waals surface area contributed by atoms with Gasteiger partial charge in [-0.2, -0.15) is 0 Å². The summed E-state index contributed by atoms with van der Waals surface area (Å²) < 4.78 is 26.0. The minimum Gasteiger partial charge on any atom is -0.352 e. The van der Waals surface area contributed by atoms with Gasteiger partial charge in [0.25, 0.3) is 5.91 Å². The zero-order valence-corrected chi connectivity index (χ0v) is 11.1. The molecule has 0 aliphatic heterocycles. The maximum atomic E-state index is 13.0. The van der Waals surface area contributed by atoms with E-state index in [9.17, 15) is 13.6 Å². The van der Waals surface area contributed by atoms with E-state index in [0.717, 1.165) is 37.5 Å². The van der Waals surface area contributed by atoms with Crippen LogP contribution in [0.5, 0.6) is 0 Å². The van der Waals surface area contributed by atoms with Crippen LogP contribution in [0, 0.1) is 17.6 Å². The average Bonchev–Trinajstić information content (AvgIpc) is 2.35. The van der Waals surface area contributed by atoms with Crippen LogP contribution in [-0.2, 0) is 0 Å². The van der Waals surface area contributed by atoms with Crippen molar-refractivity contribution in [2.24, 2.45) is 11.7 Å². The number of hydrogen-bond donors (Lipinski definition) is 2. The lowest BCUT2D eigenvalue weighted by Gasteiger charge is -2.15. The third-order valence-electron chi connectivity index (χ3n) is 2.95. The number of nitrogens with one attached hydrogen (secondary N) is 1. The molecule has 1 atom stereocenters. The Morgan fingerprint density at radius 2 is 1.89 bits per heavy atom. The molecule has 0 heterocycles. The monoisotopic (exact) mass is 270 g/mol. The Morgan fingerprint density at radius 1 is 1.26 bits per heavy atom. The van der Waals surface area contributed by atoms with Crippen LogP contribution < -0.4 is 11.1 Å². The van der Waals surface area contributed by atoms with E-state index in [1.165, 1.54) is 0 Å². The molecule has 0 aliphatic rings. The second-order valence-electron chi connectivity index (χ2n) is 4.60. The molecule has 0 fully saturated rings. The highest BCUT2D eigenvalue weighted by Crippen LogP contribution is 2.11. The number of nitrogens with two attached hydrogens (primary N) is 1. The normalized spacial score (nSPS) is 12.2. The van der Waals surface area contributed by atoms with E-state index in [1.807, 2.05) is 0 Å². The van der Waals surface area contributed by atoms with E-state index < -0.39 is 17.5 Å². The number of amides is 1. The number of benzene rings is 1. The van der Waals surface area contributed by atoms with Crippen molar-refractivity contribution in [1.82, 2.24) is 5.32 Å². The summed E-state index contributed by atoms with van der Waals surface area (Å²) in [6.45, 7) is 3.10. The van der Waals surface area contributed by atoms with Gasteiger partial charge in [-0.25, -0.2) is 8.78 Å². The molecule has 0 radical (unpaired) electrons. The fourth-order valence-corrected chi connectivity index (χ4v) is 2.02. The van der Waals surface area contributed by atoms with Crippen LogP contribution in [0.1, 0.15) is 36.5 Å². The Kier molecular flexibility index (Phi) is 6.42. The molecule has 1 aromatic rings. The molecule has 1 unspecified atom stereocenters. The van der Waals surface area contributed by atoms with Crippen LogP contribution in [0.15, 0.2) is 18.2 Å². The Labute approximate surface area is 112 Å². The van der Waals surface area contributed by atoms with Gasteiger partial charge in [0.05, 0.1) is 0 Å². The molecule has 0 saturated carbocycles. The third-order valence-corrected chi connectivity index (χ3v) is 2.95. The predicted octanol–water partition coefficient (Wildman–Crippen LogP) is 2.46. The largest absolute Gasteiger partial charge is 0.352 e. The van der Waals surface area contributed by atoms with Gasteiger partial charge in [-0.15, -0.1) is 0 Å². The van der Waals surface area contributed by atoms with Gasteiger partial charge in [0.2, 0.25) is 0 Å². The maximum Gasteiger partial charge on any atom is 0.251 e. The lowest BCUT2D eigenvalue weighted by atomic mass is 10.00. The number of hydrogen-bond acceptors (Lipinski definition) is 2. The highest BCUT2D eigenvalue weighted by molar-refractivity contribution is 5.94. The highest BCUT2D eigenvalue weighted by Gasteiger charge is 2.12. The van der Waals surface area contributed by atoms with Gasteiger partial charge in [-0.1, -0.05) is 13.3 Å². The molecule has 5 heteroatoms. The van der Waals surface area contributed by atoms with Crippen molar-refractivity contribution >= 4 is 5.91 Å². The van der Waals surface area contributed by atoms with Crippen LogP contribution in [0.4, 0.5) is 8.78 Å². The minimum atomic E-state index is -0.753. The first-order valence-corrected chi connectivity index (χ1v) is 6.51. The van der Waals surface area contributed by atoms with Gasteiger partial charge < -0.3 is 11.1 Å². The van der Waals surface area contributed by atoms with Gasteiger partial charge in [0, 0.05) is 18.2 Å². The van der Waals surface area contributed by atoms with Gasteiger partial charge >= 0.3 is 0 Å². The molecule has 0 aromatic heterocycles. The SMILES string of the molecule is CCCC(CCN)CNC(=O)c1cc(F)cc(F)c1. The molecule has 1 rings (SSSR count). The maximum absolute atomic E-state index is 13.0. The first-order chi connectivity index (χ1) is 9.06. The lowest BCUT2D eigenvalue weighted by Crippen LogP contribution is -2.30. The number of halogens is 2. The first kappa shape index (κ1) is 15.6. The van der Waals surface area contributed by atoms with Crippen LogP contribution in [0.2, 0.25) is 0 Å². The third kappa shape index (κ3) is 5.34. The molecule has 0 spiro atoms. The zero-order chi connectivity index (χ0) is 14.3. The molecule has 0 aliphatic carbocycles. The molecular weight excluding hydrogens is 250 g/mol. The van der Waals surface area contributed by atoms with Crippen molar-refractivity contribution in [3.8, 4) is 0 Å². The summed E-state index contributed by atoms with van der Waals surface area (Å²) in [4.78, 5) is 11.8. The topological polar surface area (TPSA) is 55.1 Å². The van der Waals surface area contributed by atoms with E-state index in [1.54, 1.807) is 0 Å². The number of carbonyl (C=O) groups excluding carboxylic acids is 1. The summed E-state index contributed by atoms with van der Waals surface area (Å²) in [5.41, 5.74) is 5.51. The highest BCUT2D eigenvalue weighted by atomic mass is 19.1. The van der Waals surface area contributed by atoms with Gasteiger partial charge in [0.15, 0.2) is 0 Å². The summed E-state index contributed by atoms with van der Waals surface area (Å²) in [7, 11) is 0. The first-order valence-electron chi connectivity index (χ1n) is 6.51. The van der Waals surface area contributed by atoms with E-state index in [-0.39, 0.29) is 5.56 Å². The average molecular weight is 270 g/mol. The molecular formula is C14H20F2N2O. The van der Waals surface area contributed by atoms with E-state index in [2.05, 4.69) is 12.2 Å². The molecule has 1 aromatic carbocycles. The predicted molar refractivity (Wildman–Crippen MR) is 70.8 cm³/mol. The van der Waals surface area contributed by atoms with Gasteiger partial charge in [0.1, 0.15) is 11.6 Å². The summed E-state index contributed by atoms with van der Waals surface area (Å²) in [6, 6.07) is 2.79. The Hall–Kier alpha value is -1.49. The van der Waals surface area contributed by atoms with Crippen LogP contribution in [-0.4, -0.2) is 19.0 Å². The van der Waals surface area contributed by atoms with Crippen molar-refractivity contribution in [3.63, 3.8) is 0 Å². The second-order valence-corrected chi connectivity index (χ2v) is 4.60. The van der Waals surface area contributed by atoms with Gasteiger partial charge in [-0.3, -0.25) is 4.79 Å². The molecule has 0 saturated heterocycles. The summed E-state index contributed by atoms with van der Waals surface area (Å²) >= 11 is 0. The molecule has 106 valence electrons. The number of carbonyl (C=O) groups is 1. The molecule has 1 amide bonds.